The summed E-state index contributed by atoms with van der Waals surface area (Å²) in [6, 6.07) is 17.6. The first-order valence-corrected chi connectivity index (χ1v) is 10.8. The van der Waals surface area contributed by atoms with Gasteiger partial charge in [0.1, 0.15) is 0 Å². The minimum Gasteiger partial charge on any atom is -0.372 e. The van der Waals surface area contributed by atoms with Crippen LogP contribution >= 0.6 is 22.9 Å². The van der Waals surface area contributed by atoms with Gasteiger partial charge in [-0.05, 0) is 55.2 Å². The van der Waals surface area contributed by atoms with Gasteiger partial charge in [0, 0.05) is 24.5 Å². The fourth-order valence-electron chi connectivity index (χ4n) is 3.26. The lowest BCUT2D eigenvalue weighted by Crippen LogP contribution is -2.29. The fourth-order valence-corrected chi connectivity index (χ4v) is 4.19. The normalized spacial score (nSPS) is 14.7. The Kier molecular flexibility index (Phi) is 6.22. The second-order valence-corrected chi connectivity index (χ2v) is 8.25. The number of para-hydroxylation sites is 1. The molecule has 0 unspecified atom stereocenters. The highest BCUT2D eigenvalue weighted by molar-refractivity contribution is 7.15. The largest absolute Gasteiger partial charge is 0.372 e. The quantitative estimate of drug-likeness (QED) is 0.586. The van der Waals surface area contributed by atoms with Gasteiger partial charge in [-0.2, -0.15) is 0 Å². The molecule has 0 atom stereocenters. The van der Waals surface area contributed by atoms with E-state index in [2.05, 4.69) is 44.7 Å². The molecule has 1 N–H and O–H groups in total. The monoisotopic (exact) mass is 424 g/mol. The van der Waals surface area contributed by atoms with Gasteiger partial charge >= 0.3 is 0 Å². The first-order valence-electron chi connectivity index (χ1n) is 9.61. The molecule has 1 aliphatic heterocycles. The summed E-state index contributed by atoms with van der Waals surface area (Å²) in [5, 5.41) is 12.1. The van der Waals surface area contributed by atoms with Crippen LogP contribution in [-0.4, -0.2) is 29.2 Å². The van der Waals surface area contributed by atoms with Gasteiger partial charge in [-0.1, -0.05) is 53.3 Å². The van der Waals surface area contributed by atoms with Crippen LogP contribution in [0.5, 0.6) is 0 Å². The standard InChI is InChI=1S/C22H21ClN4OS/c23-19(15-16-9-11-18(12-10-16)27-13-5-2-6-14-27)21-25-26-22(29-21)20(28)24-17-7-3-1-4-8-17/h1,3-4,7-12,15H,2,5-6,13-14H2,(H,24,28)/b19-15-. The minimum absolute atomic E-state index is 0.274. The van der Waals surface area contributed by atoms with Crippen molar-refractivity contribution in [3.8, 4) is 0 Å². The summed E-state index contributed by atoms with van der Waals surface area (Å²) in [5.41, 5.74) is 2.94. The van der Waals surface area contributed by atoms with E-state index in [9.17, 15) is 4.79 Å². The lowest BCUT2D eigenvalue weighted by atomic mass is 10.1. The molecule has 0 saturated carbocycles. The van der Waals surface area contributed by atoms with Crippen molar-refractivity contribution in [3.05, 3.63) is 70.2 Å². The molecule has 4 rings (SSSR count). The molecule has 7 heteroatoms. The van der Waals surface area contributed by atoms with Crippen LogP contribution in [0, 0.1) is 0 Å². The van der Waals surface area contributed by atoms with E-state index in [0.717, 1.165) is 18.7 Å². The third-order valence-electron chi connectivity index (χ3n) is 4.76. The number of anilines is 2. The number of amides is 1. The highest BCUT2D eigenvalue weighted by Crippen LogP contribution is 2.27. The average Bonchev–Trinajstić information content (AvgIpc) is 3.26. The van der Waals surface area contributed by atoms with E-state index in [-0.39, 0.29) is 10.9 Å². The minimum atomic E-state index is -0.296. The number of nitrogens with zero attached hydrogens (tertiary/aromatic N) is 3. The number of aromatic nitrogens is 2. The van der Waals surface area contributed by atoms with Crippen molar-refractivity contribution < 1.29 is 4.79 Å². The van der Waals surface area contributed by atoms with Crippen LogP contribution in [-0.2, 0) is 0 Å². The zero-order valence-corrected chi connectivity index (χ0v) is 17.4. The van der Waals surface area contributed by atoms with E-state index in [1.165, 1.54) is 36.3 Å². The van der Waals surface area contributed by atoms with Crippen LogP contribution in [0.15, 0.2) is 54.6 Å². The SMILES string of the molecule is O=C(Nc1ccccc1)c1nnc(/C(Cl)=C/c2ccc(N3CCCCC3)cc2)s1. The molecule has 1 amide bonds. The second-order valence-electron chi connectivity index (χ2n) is 6.86. The number of carbonyl (C=O) groups excluding carboxylic acids is 1. The molecular weight excluding hydrogens is 404 g/mol. The van der Waals surface area contributed by atoms with Crippen molar-refractivity contribution in [2.45, 2.75) is 19.3 Å². The molecule has 0 bridgehead atoms. The number of halogens is 1. The number of piperidine rings is 1. The van der Waals surface area contributed by atoms with Gasteiger partial charge in [-0.3, -0.25) is 4.79 Å². The van der Waals surface area contributed by atoms with Crippen LogP contribution in [0.2, 0.25) is 0 Å². The van der Waals surface area contributed by atoms with E-state index in [1.54, 1.807) is 0 Å². The van der Waals surface area contributed by atoms with Gasteiger partial charge in [-0.15, -0.1) is 10.2 Å². The van der Waals surface area contributed by atoms with Gasteiger partial charge in [0.25, 0.3) is 5.91 Å². The molecule has 3 aromatic rings. The van der Waals surface area contributed by atoms with Crippen LogP contribution in [0.1, 0.15) is 39.6 Å². The molecule has 2 aromatic carbocycles. The van der Waals surface area contributed by atoms with Crippen LogP contribution in [0.25, 0.3) is 11.1 Å². The van der Waals surface area contributed by atoms with Gasteiger partial charge < -0.3 is 10.2 Å². The number of nitrogens with one attached hydrogen (secondary N) is 1. The maximum atomic E-state index is 12.3. The summed E-state index contributed by atoms with van der Waals surface area (Å²) in [6.07, 6.45) is 5.68. The van der Waals surface area contributed by atoms with Gasteiger partial charge in [0.15, 0.2) is 5.01 Å². The molecule has 1 fully saturated rings. The fraction of sp³-hybridized carbons (Fsp3) is 0.227. The molecule has 2 heterocycles. The van der Waals surface area contributed by atoms with Crippen molar-refractivity contribution in [2.24, 2.45) is 0 Å². The van der Waals surface area contributed by atoms with Crippen molar-refractivity contribution in [2.75, 3.05) is 23.3 Å². The number of hydrogen-bond donors (Lipinski definition) is 1. The summed E-state index contributed by atoms with van der Waals surface area (Å²) >= 11 is 7.61. The lowest BCUT2D eigenvalue weighted by molar-refractivity contribution is 0.102. The van der Waals surface area contributed by atoms with Gasteiger partial charge in [-0.25, -0.2) is 0 Å². The predicted octanol–water partition coefficient (Wildman–Crippen LogP) is 5.52. The van der Waals surface area contributed by atoms with Crippen LogP contribution < -0.4 is 10.2 Å². The number of hydrogen-bond acceptors (Lipinski definition) is 5. The van der Waals surface area contributed by atoms with Gasteiger partial charge in [0.05, 0.1) is 5.03 Å². The molecule has 5 nitrogen and oxygen atoms in total. The predicted molar refractivity (Wildman–Crippen MR) is 121 cm³/mol. The highest BCUT2D eigenvalue weighted by Gasteiger charge is 2.15. The smallest absolute Gasteiger partial charge is 0.286 e. The Balaban J connectivity index is 1.43. The zero-order valence-electron chi connectivity index (χ0n) is 15.8. The summed E-state index contributed by atoms with van der Waals surface area (Å²) in [4.78, 5) is 14.7. The van der Waals surface area contributed by atoms with Crippen molar-refractivity contribution in [1.82, 2.24) is 10.2 Å². The molecule has 0 radical (unpaired) electrons. The lowest BCUT2D eigenvalue weighted by Gasteiger charge is -2.28. The van der Waals surface area contributed by atoms with E-state index in [0.29, 0.717) is 15.7 Å². The Morgan fingerprint density at radius 2 is 1.66 bits per heavy atom. The van der Waals surface area contributed by atoms with E-state index in [1.807, 2.05) is 36.4 Å². The van der Waals surface area contributed by atoms with Crippen molar-refractivity contribution in [1.29, 1.82) is 0 Å². The summed E-state index contributed by atoms with van der Waals surface area (Å²) in [6.45, 7) is 2.24. The first-order chi connectivity index (χ1) is 14.2. The molecule has 148 valence electrons. The Hall–Kier alpha value is -2.70. The van der Waals surface area contributed by atoms with Crippen molar-refractivity contribution >= 4 is 51.3 Å². The van der Waals surface area contributed by atoms with Gasteiger partial charge in [0.2, 0.25) is 5.01 Å². The first kappa shape index (κ1) is 19.6. The Morgan fingerprint density at radius 3 is 2.38 bits per heavy atom. The summed E-state index contributed by atoms with van der Waals surface area (Å²) in [5.74, 6) is -0.296. The Bertz CT molecular complexity index is 995. The van der Waals surface area contributed by atoms with E-state index in [4.69, 9.17) is 11.6 Å². The Morgan fingerprint density at radius 1 is 0.966 bits per heavy atom. The average molecular weight is 425 g/mol. The third kappa shape index (κ3) is 5.02. The van der Waals surface area contributed by atoms with Crippen LogP contribution in [0.4, 0.5) is 11.4 Å². The number of rotatable bonds is 5. The summed E-state index contributed by atoms with van der Waals surface area (Å²) < 4.78 is 0. The van der Waals surface area contributed by atoms with E-state index >= 15 is 0 Å². The van der Waals surface area contributed by atoms with E-state index < -0.39 is 0 Å². The number of carbonyl (C=O) groups is 1. The molecular formula is C22H21ClN4OS. The molecule has 1 aliphatic rings. The van der Waals surface area contributed by atoms with Crippen molar-refractivity contribution in [3.63, 3.8) is 0 Å². The molecule has 0 aliphatic carbocycles. The van der Waals surface area contributed by atoms with Crippen LogP contribution in [0.3, 0.4) is 0 Å². The molecule has 29 heavy (non-hydrogen) atoms. The topological polar surface area (TPSA) is 58.1 Å². The third-order valence-corrected chi connectivity index (χ3v) is 6.12. The second kappa shape index (κ2) is 9.20. The zero-order chi connectivity index (χ0) is 20.1. The molecule has 1 saturated heterocycles. The highest BCUT2D eigenvalue weighted by atomic mass is 35.5. The molecule has 1 aromatic heterocycles. The number of benzene rings is 2. The maximum absolute atomic E-state index is 12.3. The molecule has 0 spiro atoms. The Labute approximate surface area is 179 Å². The summed E-state index contributed by atoms with van der Waals surface area (Å²) in [7, 11) is 0. The maximum Gasteiger partial charge on any atom is 0.286 e.